The summed E-state index contributed by atoms with van der Waals surface area (Å²) in [5.41, 5.74) is 0.954. The summed E-state index contributed by atoms with van der Waals surface area (Å²) in [6.45, 7) is 4.38. The van der Waals surface area contributed by atoms with Crippen LogP contribution in [0.3, 0.4) is 0 Å². The second kappa shape index (κ2) is 5.21. The Kier molecular flexibility index (Phi) is 3.94. The van der Waals surface area contributed by atoms with Crippen molar-refractivity contribution in [3.8, 4) is 0 Å². The van der Waals surface area contributed by atoms with Gasteiger partial charge >= 0.3 is 5.97 Å². The van der Waals surface area contributed by atoms with Gasteiger partial charge in [0.1, 0.15) is 6.61 Å². The maximum atomic E-state index is 12.5. The molecule has 0 saturated heterocycles. The minimum Gasteiger partial charge on any atom is -0.461 e. The molecule has 0 N–H and O–H groups in total. The maximum Gasteiger partial charge on any atom is 0.302 e. The molecule has 0 unspecified atom stereocenters. The number of hydrogen-bond acceptors (Lipinski definition) is 3. The Labute approximate surface area is 92.5 Å². The summed E-state index contributed by atoms with van der Waals surface area (Å²) < 4.78 is 17.3. The van der Waals surface area contributed by atoms with E-state index in [1.807, 2.05) is 0 Å². The largest absolute Gasteiger partial charge is 0.461 e. The smallest absolute Gasteiger partial charge is 0.302 e. The van der Waals surface area contributed by atoms with Crippen molar-refractivity contribution in [1.82, 2.24) is 0 Å². The van der Waals surface area contributed by atoms with Gasteiger partial charge in [-0.1, -0.05) is 30.8 Å². The predicted molar refractivity (Wildman–Crippen MR) is 56.5 cm³/mol. The molecule has 0 aliphatic heterocycles. The molecule has 16 heavy (non-hydrogen) atoms. The first-order valence-electron chi connectivity index (χ1n) is 4.62. The number of allylic oxidation sites excluding steroid dienone is 1. The van der Waals surface area contributed by atoms with Crippen LogP contribution in [0.25, 0.3) is 0 Å². The maximum absolute atomic E-state index is 12.5. The van der Waals surface area contributed by atoms with Crippen molar-refractivity contribution in [3.63, 3.8) is 0 Å². The van der Waals surface area contributed by atoms with Gasteiger partial charge in [-0.3, -0.25) is 9.59 Å². The molecule has 0 aliphatic carbocycles. The molecule has 4 heteroatoms. The number of Topliss-reactive ketones (excluding diaryl/α,β-unsaturated/α-hetero) is 1. The molecule has 0 aromatic heterocycles. The number of benzene rings is 1. The van der Waals surface area contributed by atoms with E-state index in [-0.39, 0.29) is 18.1 Å². The molecule has 0 bridgehead atoms. The van der Waals surface area contributed by atoms with Crippen molar-refractivity contribution in [2.45, 2.75) is 13.5 Å². The van der Waals surface area contributed by atoms with Gasteiger partial charge in [0.2, 0.25) is 5.78 Å². The van der Waals surface area contributed by atoms with Crippen LogP contribution in [-0.2, 0) is 16.1 Å². The third kappa shape index (κ3) is 3.31. The van der Waals surface area contributed by atoms with E-state index in [4.69, 9.17) is 4.74 Å². The quantitative estimate of drug-likeness (QED) is 0.446. The van der Waals surface area contributed by atoms with Crippen LogP contribution in [0.4, 0.5) is 4.39 Å². The Morgan fingerprint density at radius 3 is 2.31 bits per heavy atom. The van der Waals surface area contributed by atoms with Gasteiger partial charge in [-0.05, 0) is 5.56 Å². The topological polar surface area (TPSA) is 43.4 Å². The molecule has 1 rings (SSSR count). The minimum absolute atomic E-state index is 0.139. The van der Waals surface area contributed by atoms with Crippen molar-refractivity contribution < 1.29 is 18.7 Å². The van der Waals surface area contributed by atoms with Crippen LogP contribution < -0.4 is 0 Å². The number of ketones is 1. The molecule has 3 nitrogen and oxygen atoms in total. The summed E-state index contributed by atoms with van der Waals surface area (Å²) in [5, 5.41) is 0. The molecule has 0 spiro atoms. The summed E-state index contributed by atoms with van der Waals surface area (Å²) >= 11 is 0. The van der Waals surface area contributed by atoms with Crippen LogP contribution >= 0.6 is 0 Å². The Morgan fingerprint density at radius 2 is 1.88 bits per heavy atom. The number of carbonyl (C=O) groups excluding carboxylic acids is 2. The molecular weight excluding hydrogens is 211 g/mol. The highest BCUT2D eigenvalue weighted by molar-refractivity contribution is 6.06. The fraction of sp³-hybridized carbons (Fsp3) is 0.167. The van der Waals surface area contributed by atoms with Crippen LogP contribution in [0, 0.1) is 0 Å². The average molecular weight is 222 g/mol. The van der Waals surface area contributed by atoms with E-state index in [0.717, 1.165) is 5.56 Å². The van der Waals surface area contributed by atoms with Crippen LogP contribution in [0.1, 0.15) is 22.8 Å². The molecule has 0 saturated carbocycles. The number of ether oxygens (including phenoxy) is 1. The van der Waals surface area contributed by atoms with Crippen LogP contribution in [0.15, 0.2) is 36.7 Å². The van der Waals surface area contributed by atoms with Gasteiger partial charge in [-0.15, -0.1) is 0 Å². The number of rotatable bonds is 4. The van der Waals surface area contributed by atoms with E-state index in [1.165, 1.54) is 19.1 Å². The predicted octanol–water partition coefficient (Wildman–Crippen LogP) is 2.42. The fourth-order valence-electron chi connectivity index (χ4n) is 1.09. The highest BCUT2D eigenvalue weighted by Gasteiger charge is 2.09. The SMILES string of the molecule is C=C(F)C(=O)c1ccc(COC(C)=O)cc1. The molecule has 0 aliphatic rings. The Bertz CT molecular complexity index is 420. The molecule has 0 amide bonds. The zero-order valence-electron chi connectivity index (χ0n) is 8.83. The zero-order valence-corrected chi connectivity index (χ0v) is 8.83. The molecule has 0 fully saturated rings. The number of halogens is 1. The summed E-state index contributed by atoms with van der Waals surface area (Å²) in [5.74, 6) is -2.11. The third-order valence-corrected chi connectivity index (χ3v) is 1.90. The molecule has 0 atom stereocenters. The monoisotopic (exact) mass is 222 g/mol. The van der Waals surface area contributed by atoms with Crippen molar-refractivity contribution >= 4 is 11.8 Å². The number of hydrogen-bond donors (Lipinski definition) is 0. The van der Waals surface area contributed by atoms with Crippen molar-refractivity contribution in [2.24, 2.45) is 0 Å². The lowest BCUT2D eigenvalue weighted by Crippen LogP contribution is -2.01. The summed E-state index contributed by atoms with van der Waals surface area (Å²) in [4.78, 5) is 21.7. The van der Waals surface area contributed by atoms with Gasteiger partial charge in [0, 0.05) is 12.5 Å². The van der Waals surface area contributed by atoms with E-state index in [0.29, 0.717) is 0 Å². The fourth-order valence-corrected chi connectivity index (χ4v) is 1.09. The average Bonchev–Trinajstić information content (AvgIpc) is 2.26. The molecule has 1 aromatic carbocycles. The highest BCUT2D eigenvalue weighted by atomic mass is 19.1. The van der Waals surface area contributed by atoms with Crippen LogP contribution in [-0.4, -0.2) is 11.8 Å². The second-order valence-electron chi connectivity index (χ2n) is 3.21. The Balaban J connectivity index is 2.71. The lowest BCUT2D eigenvalue weighted by molar-refractivity contribution is -0.142. The van der Waals surface area contributed by atoms with Gasteiger partial charge in [-0.25, -0.2) is 4.39 Å². The molecule has 0 heterocycles. The molecule has 1 aromatic rings. The third-order valence-electron chi connectivity index (χ3n) is 1.90. The van der Waals surface area contributed by atoms with Crippen LogP contribution in [0.2, 0.25) is 0 Å². The van der Waals surface area contributed by atoms with E-state index in [2.05, 4.69) is 6.58 Å². The summed E-state index contributed by atoms with van der Waals surface area (Å²) in [6.07, 6.45) is 0. The number of esters is 1. The Morgan fingerprint density at radius 1 is 1.31 bits per heavy atom. The first kappa shape index (κ1) is 12.1. The Hall–Kier alpha value is -1.97. The lowest BCUT2D eigenvalue weighted by atomic mass is 10.1. The molecular formula is C12H11FO3. The standard InChI is InChI=1S/C12H11FO3/c1-8(13)12(15)11-5-3-10(4-6-11)7-16-9(2)14/h3-6H,1,7H2,2H3. The van der Waals surface area contributed by atoms with Gasteiger partial charge in [0.25, 0.3) is 0 Å². The number of carbonyl (C=O) groups is 2. The van der Waals surface area contributed by atoms with Crippen molar-refractivity contribution in [2.75, 3.05) is 0 Å². The van der Waals surface area contributed by atoms with Crippen molar-refractivity contribution in [1.29, 1.82) is 0 Å². The van der Waals surface area contributed by atoms with Crippen molar-refractivity contribution in [3.05, 3.63) is 47.8 Å². The lowest BCUT2D eigenvalue weighted by Gasteiger charge is -2.03. The summed E-state index contributed by atoms with van der Waals surface area (Å²) in [6, 6.07) is 6.12. The molecule has 84 valence electrons. The first-order valence-corrected chi connectivity index (χ1v) is 4.62. The first-order chi connectivity index (χ1) is 7.50. The van der Waals surface area contributed by atoms with E-state index >= 15 is 0 Å². The zero-order chi connectivity index (χ0) is 12.1. The van der Waals surface area contributed by atoms with E-state index in [9.17, 15) is 14.0 Å². The highest BCUT2D eigenvalue weighted by Crippen LogP contribution is 2.10. The van der Waals surface area contributed by atoms with Crippen LogP contribution in [0.5, 0.6) is 0 Å². The normalized spacial score (nSPS) is 9.62. The van der Waals surface area contributed by atoms with E-state index in [1.54, 1.807) is 12.1 Å². The summed E-state index contributed by atoms with van der Waals surface area (Å²) in [7, 11) is 0. The molecule has 0 radical (unpaired) electrons. The van der Waals surface area contributed by atoms with Gasteiger partial charge < -0.3 is 4.74 Å². The minimum atomic E-state index is -0.993. The van der Waals surface area contributed by atoms with Gasteiger partial charge in [-0.2, -0.15) is 0 Å². The second-order valence-corrected chi connectivity index (χ2v) is 3.21. The van der Waals surface area contributed by atoms with Gasteiger partial charge in [0.05, 0.1) is 0 Å². The van der Waals surface area contributed by atoms with Gasteiger partial charge in [0.15, 0.2) is 5.83 Å². The van der Waals surface area contributed by atoms with E-state index < -0.39 is 11.6 Å².